The Labute approximate surface area is 115 Å². The molecule has 2 nitrogen and oxygen atoms in total. The molecule has 0 spiro atoms. The van der Waals surface area contributed by atoms with Crippen LogP contribution < -0.4 is 5.32 Å². The summed E-state index contributed by atoms with van der Waals surface area (Å²) in [5.74, 6) is 2.23. The second-order valence-corrected chi connectivity index (χ2v) is 5.79. The maximum atomic E-state index is 9.44. The Bertz CT molecular complexity index is 303. The van der Waals surface area contributed by atoms with Gasteiger partial charge in [0.1, 0.15) is 0 Å². The van der Waals surface area contributed by atoms with Crippen molar-refractivity contribution in [1.29, 1.82) is 0 Å². The third-order valence-electron chi connectivity index (χ3n) is 3.57. The van der Waals surface area contributed by atoms with Crippen LogP contribution in [0.15, 0.2) is 30.3 Å². The van der Waals surface area contributed by atoms with Crippen molar-refractivity contribution >= 4 is 11.8 Å². The summed E-state index contributed by atoms with van der Waals surface area (Å²) in [7, 11) is 1.94. The number of likely N-dealkylation sites (N-methyl/N-ethyl adjacent to an activating group) is 1. The van der Waals surface area contributed by atoms with Crippen molar-refractivity contribution in [2.45, 2.75) is 37.5 Å². The number of hydrogen-bond acceptors (Lipinski definition) is 3. The van der Waals surface area contributed by atoms with Crippen LogP contribution in [0.4, 0.5) is 0 Å². The van der Waals surface area contributed by atoms with Crippen LogP contribution in [0.25, 0.3) is 0 Å². The Morgan fingerprint density at radius 2 is 2.00 bits per heavy atom. The third kappa shape index (κ3) is 5.01. The standard InChI is InChI=1S/C15H25NOS/c1-3-15(13-17,16-2)10-7-11-18-12-14-8-5-4-6-9-14/h4-6,8-9,16-17H,3,7,10-13H2,1-2H3. The van der Waals surface area contributed by atoms with Gasteiger partial charge >= 0.3 is 0 Å². The quantitative estimate of drug-likeness (QED) is 0.675. The SMILES string of the molecule is CCC(CO)(CCCSCc1ccccc1)NC. The molecule has 0 aliphatic rings. The molecule has 0 aliphatic heterocycles. The van der Waals surface area contributed by atoms with Crippen LogP contribution in [-0.2, 0) is 5.75 Å². The first kappa shape index (κ1) is 15.5. The van der Waals surface area contributed by atoms with E-state index in [4.69, 9.17) is 0 Å². The lowest BCUT2D eigenvalue weighted by atomic mass is 9.92. The minimum atomic E-state index is -0.0761. The topological polar surface area (TPSA) is 32.3 Å². The molecule has 3 heteroatoms. The zero-order valence-electron chi connectivity index (χ0n) is 11.5. The first-order chi connectivity index (χ1) is 8.76. The molecular formula is C15H25NOS. The van der Waals surface area contributed by atoms with Crippen LogP contribution in [0, 0.1) is 0 Å². The van der Waals surface area contributed by atoms with Crippen molar-refractivity contribution < 1.29 is 5.11 Å². The molecule has 0 saturated heterocycles. The third-order valence-corrected chi connectivity index (χ3v) is 4.68. The first-order valence-corrected chi connectivity index (χ1v) is 7.83. The Morgan fingerprint density at radius 3 is 2.56 bits per heavy atom. The molecule has 0 saturated carbocycles. The fourth-order valence-corrected chi connectivity index (χ4v) is 2.95. The van der Waals surface area contributed by atoms with Gasteiger partial charge in [0.25, 0.3) is 0 Å². The maximum Gasteiger partial charge on any atom is 0.0613 e. The van der Waals surface area contributed by atoms with E-state index < -0.39 is 0 Å². The van der Waals surface area contributed by atoms with Crippen molar-refractivity contribution in [2.75, 3.05) is 19.4 Å². The number of rotatable bonds is 9. The van der Waals surface area contributed by atoms with Gasteiger partial charge in [0, 0.05) is 11.3 Å². The predicted molar refractivity (Wildman–Crippen MR) is 81.0 cm³/mol. The molecule has 1 unspecified atom stereocenters. The number of nitrogens with one attached hydrogen (secondary N) is 1. The summed E-state index contributed by atoms with van der Waals surface area (Å²) in [6.45, 7) is 2.35. The molecule has 1 aromatic rings. The largest absolute Gasteiger partial charge is 0.394 e. The van der Waals surface area contributed by atoms with Crippen LogP contribution in [0.5, 0.6) is 0 Å². The van der Waals surface area contributed by atoms with Crippen molar-refractivity contribution in [3.8, 4) is 0 Å². The van der Waals surface area contributed by atoms with E-state index in [1.165, 1.54) is 5.56 Å². The molecular weight excluding hydrogens is 242 g/mol. The van der Waals surface area contributed by atoms with Gasteiger partial charge in [0.2, 0.25) is 0 Å². The molecule has 0 radical (unpaired) electrons. The minimum absolute atomic E-state index is 0.0761. The Kier molecular flexibility index (Phi) is 7.40. The predicted octanol–water partition coefficient (Wildman–Crippen LogP) is 3.06. The second kappa shape index (κ2) is 8.57. The van der Waals surface area contributed by atoms with E-state index in [1.807, 2.05) is 18.8 Å². The molecule has 0 bridgehead atoms. The van der Waals surface area contributed by atoms with Gasteiger partial charge in [-0.2, -0.15) is 11.8 Å². The molecule has 0 aliphatic carbocycles. The van der Waals surface area contributed by atoms with Crippen LogP contribution >= 0.6 is 11.8 Å². The lowest BCUT2D eigenvalue weighted by molar-refractivity contribution is 0.154. The Morgan fingerprint density at radius 1 is 1.28 bits per heavy atom. The van der Waals surface area contributed by atoms with E-state index in [0.29, 0.717) is 0 Å². The van der Waals surface area contributed by atoms with Gasteiger partial charge in [0.15, 0.2) is 0 Å². The highest BCUT2D eigenvalue weighted by molar-refractivity contribution is 7.98. The fraction of sp³-hybridized carbons (Fsp3) is 0.600. The van der Waals surface area contributed by atoms with E-state index in [-0.39, 0.29) is 12.1 Å². The average Bonchev–Trinajstić information content (AvgIpc) is 2.45. The van der Waals surface area contributed by atoms with Gasteiger partial charge in [-0.1, -0.05) is 37.3 Å². The van der Waals surface area contributed by atoms with E-state index in [9.17, 15) is 5.11 Å². The van der Waals surface area contributed by atoms with Crippen LogP contribution in [0.3, 0.4) is 0 Å². The summed E-state index contributed by atoms with van der Waals surface area (Å²) in [4.78, 5) is 0. The zero-order valence-corrected chi connectivity index (χ0v) is 12.3. The monoisotopic (exact) mass is 267 g/mol. The highest BCUT2D eigenvalue weighted by Crippen LogP contribution is 2.20. The molecule has 1 aromatic carbocycles. The molecule has 2 N–H and O–H groups in total. The van der Waals surface area contributed by atoms with Gasteiger partial charge < -0.3 is 10.4 Å². The highest BCUT2D eigenvalue weighted by atomic mass is 32.2. The van der Waals surface area contributed by atoms with E-state index in [2.05, 4.69) is 42.6 Å². The normalized spacial score (nSPS) is 14.4. The molecule has 0 amide bonds. The van der Waals surface area contributed by atoms with Crippen LogP contribution in [0.2, 0.25) is 0 Å². The summed E-state index contributed by atoms with van der Waals surface area (Å²) in [5.41, 5.74) is 1.31. The average molecular weight is 267 g/mol. The summed E-state index contributed by atoms with van der Waals surface area (Å²) in [5, 5.41) is 12.7. The van der Waals surface area contributed by atoms with Crippen molar-refractivity contribution in [3.05, 3.63) is 35.9 Å². The number of aliphatic hydroxyl groups excluding tert-OH is 1. The van der Waals surface area contributed by atoms with Gasteiger partial charge in [-0.25, -0.2) is 0 Å². The smallest absolute Gasteiger partial charge is 0.0613 e. The molecule has 18 heavy (non-hydrogen) atoms. The molecule has 0 heterocycles. The lowest BCUT2D eigenvalue weighted by Gasteiger charge is -2.30. The highest BCUT2D eigenvalue weighted by Gasteiger charge is 2.23. The van der Waals surface area contributed by atoms with Crippen LogP contribution in [0.1, 0.15) is 31.7 Å². The summed E-state index contributed by atoms with van der Waals surface area (Å²) < 4.78 is 0. The number of hydrogen-bond donors (Lipinski definition) is 2. The van der Waals surface area contributed by atoms with E-state index in [1.54, 1.807) is 0 Å². The Hall–Kier alpha value is -0.510. The van der Waals surface area contributed by atoms with Gasteiger partial charge in [-0.15, -0.1) is 0 Å². The molecule has 0 fully saturated rings. The second-order valence-electron chi connectivity index (χ2n) is 4.68. The zero-order chi connectivity index (χ0) is 13.3. The first-order valence-electron chi connectivity index (χ1n) is 6.68. The minimum Gasteiger partial charge on any atom is -0.394 e. The molecule has 0 aromatic heterocycles. The summed E-state index contributed by atoms with van der Waals surface area (Å²) in [6.07, 6.45) is 3.16. The fourth-order valence-electron chi connectivity index (χ4n) is 2.03. The van der Waals surface area contributed by atoms with Crippen molar-refractivity contribution in [2.24, 2.45) is 0 Å². The van der Waals surface area contributed by atoms with Gasteiger partial charge in [0.05, 0.1) is 6.61 Å². The molecule has 102 valence electrons. The number of thioether (sulfide) groups is 1. The lowest BCUT2D eigenvalue weighted by Crippen LogP contribution is -2.45. The summed E-state index contributed by atoms with van der Waals surface area (Å²) >= 11 is 1.97. The van der Waals surface area contributed by atoms with Gasteiger partial charge in [-0.05, 0) is 37.6 Å². The molecule has 1 rings (SSSR count). The molecule has 1 atom stereocenters. The Balaban J connectivity index is 2.18. The van der Waals surface area contributed by atoms with E-state index >= 15 is 0 Å². The maximum absolute atomic E-state index is 9.44. The number of aliphatic hydroxyl groups is 1. The summed E-state index contributed by atoms with van der Waals surface area (Å²) in [6, 6.07) is 10.6. The number of benzene rings is 1. The van der Waals surface area contributed by atoms with E-state index in [0.717, 1.165) is 30.8 Å². The van der Waals surface area contributed by atoms with Crippen LogP contribution in [-0.4, -0.2) is 30.1 Å². The van der Waals surface area contributed by atoms with Crippen molar-refractivity contribution in [1.82, 2.24) is 5.32 Å². The van der Waals surface area contributed by atoms with Crippen molar-refractivity contribution in [3.63, 3.8) is 0 Å². The van der Waals surface area contributed by atoms with Gasteiger partial charge in [-0.3, -0.25) is 0 Å².